The average Bonchev–Trinajstić information content (AvgIpc) is 3.36. The van der Waals surface area contributed by atoms with Crippen molar-refractivity contribution >= 4 is 51.6 Å². The van der Waals surface area contributed by atoms with Crippen LogP contribution < -0.4 is 5.32 Å². The number of nitrogens with zero attached hydrogens (tertiary/aromatic N) is 2. The highest BCUT2D eigenvalue weighted by Gasteiger charge is 2.29. The molecule has 0 aliphatic heterocycles. The minimum Gasteiger partial charge on any atom is -0.465 e. The van der Waals surface area contributed by atoms with Crippen molar-refractivity contribution in [2.45, 2.75) is 31.4 Å². The van der Waals surface area contributed by atoms with Gasteiger partial charge in [-0.3, -0.25) is 4.79 Å². The molecule has 0 bridgehead atoms. The van der Waals surface area contributed by atoms with Crippen molar-refractivity contribution in [1.29, 1.82) is 0 Å². The van der Waals surface area contributed by atoms with Gasteiger partial charge >= 0.3 is 5.97 Å². The zero-order valence-electron chi connectivity index (χ0n) is 16.9. The Morgan fingerprint density at radius 2 is 2.23 bits per heavy atom. The Morgan fingerprint density at radius 1 is 1.39 bits per heavy atom. The summed E-state index contributed by atoms with van der Waals surface area (Å²) >= 11 is 8.57. The van der Waals surface area contributed by atoms with Gasteiger partial charge in [0.1, 0.15) is 5.00 Å². The monoisotopic (exact) mass is 477 g/mol. The molecule has 1 N–H and O–H groups in total. The number of esters is 1. The van der Waals surface area contributed by atoms with E-state index >= 15 is 0 Å². The van der Waals surface area contributed by atoms with Gasteiger partial charge in [-0.25, -0.2) is 4.79 Å². The number of halogens is 1. The second kappa shape index (κ2) is 9.42. The fraction of sp³-hybridized carbons (Fsp3) is 0.333. The molecular weight excluding hydrogens is 458 g/mol. The summed E-state index contributed by atoms with van der Waals surface area (Å²) in [5.41, 5.74) is 2.19. The molecular formula is C21H20ClN3O4S2. The molecule has 0 saturated carbocycles. The summed E-state index contributed by atoms with van der Waals surface area (Å²) in [4.78, 5) is 26.1. The van der Waals surface area contributed by atoms with Gasteiger partial charge in [0.15, 0.2) is 0 Å². The molecule has 7 nitrogen and oxygen atoms in total. The lowest BCUT2D eigenvalue weighted by Gasteiger charge is -2.18. The van der Waals surface area contributed by atoms with E-state index < -0.39 is 5.97 Å². The molecule has 1 aliphatic rings. The van der Waals surface area contributed by atoms with Crippen molar-refractivity contribution in [3.8, 4) is 11.5 Å². The van der Waals surface area contributed by atoms with Crippen molar-refractivity contribution in [2.24, 2.45) is 5.92 Å². The number of fused-ring (bicyclic) bond motifs is 1. The quantitative estimate of drug-likeness (QED) is 0.390. The minimum atomic E-state index is -0.418. The molecule has 0 radical (unpaired) electrons. The zero-order valence-corrected chi connectivity index (χ0v) is 19.3. The lowest BCUT2D eigenvalue weighted by Crippen LogP contribution is -2.17. The molecule has 0 spiro atoms. The van der Waals surface area contributed by atoms with Crippen molar-refractivity contribution in [1.82, 2.24) is 10.2 Å². The van der Waals surface area contributed by atoms with Crippen LogP contribution in [0.2, 0.25) is 5.02 Å². The summed E-state index contributed by atoms with van der Waals surface area (Å²) in [5.74, 6) is 0.277. The number of hydrogen-bond acceptors (Lipinski definition) is 8. The standard InChI is InChI=1S/C21H20ClN3O4S2/c1-11-6-7-14-15(8-11)31-19(17(14)20(27)28-2)23-16(26)10-30-21-25-24-18(29-21)12-4-3-5-13(22)9-12/h3-5,9,11H,6-8,10H2,1-2H3,(H,23,26). The highest BCUT2D eigenvalue weighted by Crippen LogP contribution is 2.40. The van der Waals surface area contributed by atoms with Gasteiger partial charge in [-0.1, -0.05) is 36.4 Å². The lowest BCUT2D eigenvalue weighted by atomic mass is 9.88. The summed E-state index contributed by atoms with van der Waals surface area (Å²) in [7, 11) is 1.35. The third kappa shape index (κ3) is 4.94. The molecule has 1 aliphatic carbocycles. The molecule has 1 unspecified atom stereocenters. The molecule has 1 aromatic carbocycles. The van der Waals surface area contributed by atoms with Crippen LogP contribution in [0, 0.1) is 5.92 Å². The molecule has 4 rings (SSSR count). The first kappa shape index (κ1) is 21.9. The summed E-state index contributed by atoms with van der Waals surface area (Å²) in [6.07, 6.45) is 2.74. The van der Waals surface area contributed by atoms with Gasteiger partial charge in [-0.05, 0) is 48.9 Å². The van der Waals surface area contributed by atoms with Crippen LogP contribution in [-0.2, 0) is 22.4 Å². The van der Waals surface area contributed by atoms with E-state index in [9.17, 15) is 9.59 Å². The van der Waals surface area contributed by atoms with Crippen molar-refractivity contribution in [3.63, 3.8) is 0 Å². The van der Waals surface area contributed by atoms with Gasteiger partial charge < -0.3 is 14.5 Å². The van der Waals surface area contributed by atoms with Crippen LogP contribution >= 0.6 is 34.7 Å². The van der Waals surface area contributed by atoms with Crippen LogP contribution in [0.25, 0.3) is 11.5 Å². The maximum Gasteiger partial charge on any atom is 0.341 e. The van der Waals surface area contributed by atoms with Crippen LogP contribution in [0.15, 0.2) is 33.9 Å². The number of thiophene rings is 1. The largest absolute Gasteiger partial charge is 0.465 e. The van der Waals surface area contributed by atoms with E-state index in [-0.39, 0.29) is 16.9 Å². The molecule has 10 heteroatoms. The number of methoxy groups -OCH3 is 1. The van der Waals surface area contributed by atoms with Gasteiger partial charge in [0.25, 0.3) is 5.22 Å². The van der Waals surface area contributed by atoms with E-state index in [1.165, 1.54) is 18.4 Å². The fourth-order valence-electron chi connectivity index (χ4n) is 3.45. The fourth-order valence-corrected chi connectivity index (χ4v) is 5.62. The second-order valence-electron chi connectivity index (χ2n) is 7.27. The highest BCUT2D eigenvalue weighted by atomic mass is 35.5. The number of hydrogen-bond donors (Lipinski definition) is 1. The average molecular weight is 478 g/mol. The predicted octanol–water partition coefficient (Wildman–Crippen LogP) is 5.09. The summed E-state index contributed by atoms with van der Waals surface area (Å²) in [5, 5.41) is 12.2. The smallest absolute Gasteiger partial charge is 0.341 e. The molecule has 162 valence electrons. The number of amides is 1. The lowest BCUT2D eigenvalue weighted by molar-refractivity contribution is -0.113. The topological polar surface area (TPSA) is 94.3 Å². The first-order valence-corrected chi connectivity index (χ1v) is 11.9. The van der Waals surface area contributed by atoms with E-state index in [1.807, 2.05) is 6.07 Å². The Kier molecular flexibility index (Phi) is 6.64. The van der Waals surface area contributed by atoms with Gasteiger partial charge in [-0.15, -0.1) is 21.5 Å². The number of rotatable bonds is 6. The predicted molar refractivity (Wildman–Crippen MR) is 121 cm³/mol. The number of nitrogens with one attached hydrogen (secondary N) is 1. The molecule has 3 aromatic rings. The Hall–Kier alpha value is -2.36. The highest BCUT2D eigenvalue weighted by molar-refractivity contribution is 7.99. The summed E-state index contributed by atoms with van der Waals surface area (Å²) < 4.78 is 10.6. The zero-order chi connectivity index (χ0) is 22.0. The van der Waals surface area contributed by atoms with Crippen molar-refractivity contribution in [3.05, 3.63) is 45.3 Å². The number of carbonyl (C=O) groups is 2. The van der Waals surface area contributed by atoms with Crippen molar-refractivity contribution in [2.75, 3.05) is 18.2 Å². The normalized spacial score (nSPS) is 15.4. The van der Waals surface area contributed by atoms with Crippen molar-refractivity contribution < 1.29 is 18.7 Å². The van der Waals surface area contributed by atoms with E-state index in [4.69, 9.17) is 20.8 Å². The van der Waals surface area contributed by atoms with Gasteiger partial charge in [0.2, 0.25) is 11.8 Å². The van der Waals surface area contributed by atoms with Crippen LogP contribution in [0.5, 0.6) is 0 Å². The first-order chi connectivity index (χ1) is 14.9. The third-order valence-electron chi connectivity index (χ3n) is 4.96. The summed E-state index contributed by atoms with van der Waals surface area (Å²) in [6.45, 7) is 2.19. The first-order valence-electron chi connectivity index (χ1n) is 9.69. The number of thioether (sulfide) groups is 1. The third-order valence-corrected chi connectivity index (χ3v) is 7.18. The van der Waals surface area contributed by atoms with Gasteiger partial charge in [-0.2, -0.15) is 0 Å². The van der Waals surface area contributed by atoms with Crippen LogP contribution in [-0.4, -0.2) is 34.9 Å². The SMILES string of the molecule is COC(=O)c1c(NC(=O)CSc2nnc(-c3cccc(Cl)c3)o2)sc2c1CCC(C)C2. The number of benzene rings is 1. The van der Waals surface area contributed by atoms with Gasteiger partial charge in [0.05, 0.1) is 18.4 Å². The molecule has 31 heavy (non-hydrogen) atoms. The molecule has 0 fully saturated rings. The molecule has 1 amide bonds. The summed E-state index contributed by atoms with van der Waals surface area (Å²) in [6, 6.07) is 7.09. The number of carbonyl (C=O) groups excluding carboxylic acids is 2. The van der Waals surface area contributed by atoms with E-state index in [2.05, 4.69) is 22.4 Å². The van der Waals surface area contributed by atoms with Gasteiger partial charge in [0, 0.05) is 15.5 Å². The maximum absolute atomic E-state index is 12.6. The van der Waals surface area contributed by atoms with Crippen LogP contribution in [0.1, 0.15) is 34.1 Å². The molecule has 2 heterocycles. The van der Waals surface area contributed by atoms with E-state index in [0.29, 0.717) is 33.0 Å². The number of aromatic nitrogens is 2. The van der Waals surface area contributed by atoms with E-state index in [1.54, 1.807) is 18.2 Å². The number of ether oxygens (including phenoxy) is 1. The Morgan fingerprint density at radius 3 is 3.00 bits per heavy atom. The molecule has 2 aromatic heterocycles. The maximum atomic E-state index is 12.6. The number of anilines is 1. The Balaban J connectivity index is 1.43. The Labute approximate surface area is 192 Å². The molecule has 0 saturated heterocycles. The van der Waals surface area contributed by atoms with Crippen LogP contribution in [0.3, 0.4) is 0 Å². The minimum absolute atomic E-state index is 0.0662. The second-order valence-corrected chi connectivity index (χ2v) is 9.74. The van der Waals surface area contributed by atoms with Crippen LogP contribution in [0.4, 0.5) is 5.00 Å². The Bertz CT molecular complexity index is 1130. The van der Waals surface area contributed by atoms with E-state index in [0.717, 1.165) is 41.5 Å². The molecule has 1 atom stereocenters.